The molecule has 1 aliphatic rings. The molecule has 21 heavy (non-hydrogen) atoms. The monoisotopic (exact) mass is 296 g/mol. The molecule has 0 saturated carbocycles. The molecule has 0 radical (unpaired) electrons. The number of urea groups is 1. The van der Waals surface area contributed by atoms with E-state index in [9.17, 15) is 19.1 Å². The summed E-state index contributed by atoms with van der Waals surface area (Å²) in [7, 11) is 0. The van der Waals surface area contributed by atoms with E-state index in [1.165, 1.54) is 4.90 Å². The van der Waals surface area contributed by atoms with E-state index in [0.29, 0.717) is 25.9 Å². The number of benzene rings is 1. The summed E-state index contributed by atoms with van der Waals surface area (Å²) in [6.07, 6.45) is 0.885. The van der Waals surface area contributed by atoms with Crippen molar-refractivity contribution < 1.29 is 24.2 Å². The molecule has 2 rings (SSSR count). The lowest BCUT2D eigenvalue weighted by Gasteiger charge is -2.35. The molecule has 2 amide bonds. The number of nitrogens with one attached hydrogen (secondary N) is 1. The molecule has 1 saturated heterocycles. The fraction of sp³-hybridized carbons (Fsp3) is 0.429. The van der Waals surface area contributed by atoms with Crippen LogP contribution in [0.25, 0.3) is 0 Å². The normalized spacial score (nSPS) is 17.4. The van der Waals surface area contributed by atoms with E-state index >= 15 is 0 Å². The molecule has 1 heterocycles. The largest absolute Gasteiger partial charge is 0.478 e. The highest BCUT2D eigenvalue weighted by Crippen LogP contribution is 2.22. The Kier molecular flexibility index (Phi) is 4.13. The maximum atomic E-state index is 13.6. The van der Waals surface area contributed by atoms with Crippen LogP contribution in [0.15, 0.2) is 18.2 Å². The van der Waals surface area contributed by atoms with Crippen molar-refractivity contribution in [3.05, 3.63) is 29.6 Å². The summed E-state index contributed by atoms with van der Waals surface area (Å²) in [5.41, 5.74) is -1.06. The number of aliphatic hydroxyl groups is 1. The van der Waals surface area contributed by atoms with E-state index in [1.54, 1.807) is 6.92 Å². The molecular formula is C14H17FN2O4. The molecule has 6 nitrogen and oxygen atoms in total. The zero-order valence-corrected chi connectivity index (χ0v) is 11.6. The maximum Gasteiger partial charge on any atom is 0.335 e. The van der Waals surface area contributed by atoms with Crippen LogP contribution in [-0.2, 0) is 0 Å². The first-order chi connectivity index (χ1) is 9.78. The molecule has 3 N–H and O–H groups in total. The predicted octanol–water partition coefficient (Wildman–Crippen LogP) is 1.90. The lowest BCUT2D eigenvalue weighted by atomic mass is 9.94. The summed E-state index contributed by atoms with van der Waals surface area (Å²) in [5.74, 6) is -1.89. The lowest BCUT2D eigenvalue weighted by Crippen LogP contribution is -2.46. The van der Waals surface area contributed by atoms with Crippen LogP contribution in [0.3, 0.4) is 0 Å². The van der Waals surface area contributed by atoms with Gasteiger partial charge >= 0.3 is 12.0 Å². The number of anilines is 1. The Bertz CT molecular complexity index is 564. The van der Waals surface area contributed by atoms with Crippen LogP contribution >= 0.6 is 0 Å². The molecule has 1 aromatic carbocycles. The highest BCUT2D eigenvalue weighted by molar-refractivity contribution is 5.93. The van der Waals surface area contributed by atoms with Crippen LogP contribution in [0.4, 0.5) is 14.9 Å². The summed E-state index contributed by atoms with van der Waals surface area (Å²) in [6, 6.07) is 2.70. The molecule has 0 spiro atoms. The van der Waals surface area contributed by atoms with Gasteiger partial charge < -0.3 is 20.4 Å². The van der Waals surface area contributed by atoms with E-state index in [4.69, 9.17) is 5.11 Å². The van der Waals surface area contributed by atoms with Crippen LogP contribution in [0, 0.1) is 5.82 Å². The van der Waals surface area contributed by atoms with Crippen LogP contribution in [0.2, 0.25) is 0 Å². The number of carbonyl (C=O) groups excluding carboxylic acids is 1. The Hall–Kier alpha value is -2.15. The third-order valence-corrected chi connectivity index (χ3v) is 3.58. The van der Waals surface area contributed by atoms with Crippen LogP contribution in [0.1, 0.15) is 30.1 Å². The van der Waals surface area contributed by atoms with E-state index in [0.717, 1.165) is 18.2 Å². The van der Waals surface area contributed by atoms with E-state index in [-0.39, 0.29) is 11.3 Å². The van der Waals surface area contributed by atoms with Crippen LogP contribution in [0.5, 0.6) is 0 Å². The van der Waals surface area contributed by atoms with Crippen molar-refractivity contribution in [2.75, 3.05) is 18.4 Å². The van der Waals surface area contributed by atoms with Crippen molar-refractivity contribution in [1.82, 2.24) is 4.90 Å². The van der Waals surface area contributed by atoms with Gasteiger partial charge in [-0.25, -0.2) is 14.0 Å². The van der Waals surface area contributed by atoms with Crippen LogP contribution < -0.4 is 5.32 Å². The zero-order valence-electron chi connectivity index (χ0n) is 11.6. The van der Waals surface area contributed by atoms with Crippen molar-refractivity contribution in [2.45, 2.75) is 25.4 Å². The smallest absolute Gasteiger partial charge is 0.335 e. The maximum absolute atomic E-state index is 13.6. The van der Waals surface area contributed by atoms with E-state index in [2.05, 4.69) is 5.32 Å². The molecule has 7 heteroatoms. The van der Waals surface area contributed by atoms with Crippen molar-refractivity contribution in [3.63, 3.8) is 0 Å². The number of rotatable bonds is 2. The second kappa shape index (κ2) is 5.69. The van der Waals surface area contributed by atoms with Gasteiger partial charge in [-0.15, -0.1) is 0 Å². The first kappa shape index (κ1) is 15.2. The number of hydrogen-bond acceptors (Lipinski definition) is 3. The van der Waals surface area contributed by atoms with Crippen molar-refractivity contribution in [1.29, 1.82) is 0 Å². The number of piperidine rings is 1. The van der Waals surface area contributed by atoms with Crippen molar-refractivity contribution in [2.24, 2.45) is 0 Å². The topological polar surface area (TPSA) is 89.9 Å². The number of carbonyl (C=O) groups is 2. The summed E-state index contributed by atoms with van der Waals surface area (Å²) in [4.78, 5) is 24.3. The van der Waals surface area contributed by atoms with E-state index in [1.807, 2.05) is 0 Å². The Morgan fingerprint density at radius 2 is 1.95 bits per heavy atom. The molecule has 0 unspecified atom stereocenters. The number of carboxylic acids is 1. The number of halogens is 1. The fourth-order valence-electron chi connectivity index (χ4n) is 2.14. The van der Waals surface area contributed by atoms with Gasteiger partial charge in [-0.3, -0.25) is 0 Å². The van der Waals surface area contributed by atoms with Gasteiger partial charge in [0.05, 0.1) is 16.9 Å². The highest BCUT2D eigenvalue weighted by Gasteiger charge is 2.29. The molecule has 1 fully saturated rings. The van der Waals surface area contributed by atoms with Gasteiger partial charge in [-0.2, -0.15) is 0 Å². The average molecular weight is 296 g/mol. The SMILES string of the molecule is CC1(O)CCN(C(=O)Nc2cc(C(=O)O)ccc2F)CC1. The molecule has 0 atom stereocenters. The molecule has 0 aromatic heterocycles. The summed E-state index contributed by atoms with van der Waals surface area (Å²) in [5, 5.41) is 21.1. The third-order valence-electron chi connectivity index (χ3n) is 3.58. The van der Waals surface area contributed by atoms with Crippen molar-refractivity contribution in [3.8, 4) is 0 Å². The zero-order chi connectivity index (χ0) is 15.6. The number of amides is 2. The predicted molar refractivity (Wildman–Crippen MR) is 73.8 cm³/mol. The first-order valence-corrected chi connectivity index (χ1v) is 6.60. The number of carboxylic acid groups (broad SMARTS) is 1. The molecule has 0 aliphatic carbocycles. The second-order valence-electron chi connectivity index (χ2n) is 5.41. The number of likely N-dealkylation sites (tertiary alicyclic amines) is 1. The minimum absolute atomic E-state index is 0.103. The highest BCUT2D eigenvalue weighted by atomic mass is 19.1. The quantitative estimate of drug-likeness (QED) is 0.777. The number of nitrogens with zero attached hydrogens (tertiary/aromatic N) is 1. The number of aromatic carboxylic acids is 1. The minimum atomic E-state index is -1.19. The lowest BCUT2D eigenvalue weighted by molar-refractivity contribution is 0.00568. The summed E-state index contributed by atoms with van der Waals surface area (Å²) < 4.78 is 13.6. The van der Waals surface area contributed by atoms with Gasteiger partial charge in [0.25, 0.3) is 0 Å². The molecule has 0 bridgehead atoms. The van der Waals surface area contributed by atoms with Gasteiger partial charge in [-0.05, 0) is 38.0 Å². The Morgan fingerprint density at radius 1 is 1.33 bits per heavy atom. The molecule has 114 valence electrons. The third kappa shape index (κ3) is 3.69. The summed E-state index contributed by atoms with van der Waals surface area (Å²) in [6.45, 7) is 2.43. The fourth-order valence-corrected chi connectivity index (χ4v) is 2.14. The van der Waals surface area contributed by atoms with Gasteiger partial charge in [-0.1, -0.05) is 0 Å². The van der Waals surface area contributed by atoms with Gasteiger partial charge in [0.15, 0.2) is 0 Å². The second-order valence-corrected chi connectivity index (χ2v) is 5.41. The summed E-state index contributed by atoms with van der Waals surface area (Å²) >= 11 is 0. The minimum Gasteiger partial charge on any atom is -0.478 e. The molecular weight excluding hydrogens is 279 g/mol. The van der Waals surface area contributed by atoms with Gasteiger partial charge in [0, 0.05) is 13.1 Å². The van der Waals surface area contributed by atoms with Crippen LogP contribution in [-0.4, -0.2) is 45.8 Å². The standard InChI is InChI=1S/C14H17FN2O4/c1-14(21)4-6-17(7-5-14)13(20)16-11-8-9(12(18)19)2-3-10(11)15/h2-3,8,21H,4-7H2,1H3,(H,16,20)(H,18,19). The Morgan fingerprint density at radius 3 is 2.52 bits per heavy atom. The first-order valence-electron chi connectivity index (χ1n) is 6.60. The Balaban J connectivity index is 2.06. The molecule has 1 aliphatic heterocycles. The van der Waals surface area contributed by atoms with Crippen molar-refractivity contribution >= 4 is 17.7 Å². The molecule has 1 aromatic rings. The number of hydrogen-bond donors (Lipinski definition) is 3. The van der Waals surface area contributed by atoms with Gasteiger partial charge in [0.2, 0.25) is 0 Å². The Labute approximate surface area is 121 Å². The van der Waals surface area contributed by atoms with E-state index < -0.39 is 23.4 Å². The van der Waals surface area contributed by atoms with Gasteiger partial charge in [0.1, 0.15) is 5.82 Å². The average Bonchev–Trinajstić information content (AvgIpc) is 2.40.